The molecule has 2 rings (SSSR count). The van der Waals surface area contributed by atoms with Crippen molar-refractivity contribution in [2.24, 2.45) is 0 Å². The lowest BCUT2D eigenvalue weighted by atomic mass is 10.1. The fourth-order valence-corrected chi connectivity index (χ4v) is 5.03. The van der Waals surface area contributed by atoms with Crippen molar-refractivity contribution in [3.8, 4) is 0 Å². The van der Waals surface area contributed by atoms with Crippen molar-refractivity contribution in [1.82, 2.24) is 9.62 Å². The largest absolute Gasteiger partial charge is 0.317 e. The van der Waals surface area contributed by atoms with Crippen molar-refractivity contribution in [2.75, 3.05) is 18.8 Å². The molecule has 0 bridgehead atoms. The second kappa shape index (κ2) is 8.67. The van der Waals surface area contributed by atoms with E-state index in [4.69, 9.17) is 23.2 Å². The number of nitrogens with one attached hydrogen (secondary N) is 1. The molecule has 0 atom stereocenters. The Morgan fingerprint density at radius 2 is 1.91 bits per heavy atom. The lowest BCUT2D eigenvalue weighted by molar-refractivity contribution is 0.256. The molecule has 0 aromatic heterocycles. The lowest BCUT2D eigenvalue weighted by Gasteiger charge is -2.34. The molecule has 4 nitrogen and oxygen atoms in total. The third kappa shape index (κ3) is 5.33. The summed E-state index contributed by atoms with van der Waals surface area (Å²) in [5.74, 6) is 0.203. The predicted molar refractivity (Wildman–Crippen MR) is 96.6 cm³/mol. The first-order chi connectivity index (χ1) is 10.9. The van der Waals surface area contributed by atoms with Crippen LogP contribution < -0.4 is 5.32 Å². The number of piperidine rings is 1. The topological polar surface area (TPSA) is 49.4 Å². The molecule has 7 heteroatoms. The Hall–Kier alpha value is -0.330. The van der Waals surface area contributed by atoms with E-state index in [1.165, 1.54) is 0 Å². The van der Waals surface area contributed by atoms with E-state index in [-0.39, 0.29) is 11.8 Å². The standard InChI is InChI=1S/C16H24Cl2N2O2S/c1-2-3-10-23(21,22)20(14-6-8-19-9-7-14)12-13-4-5-15(17)16(18)11-13/h4-5,11,14,19H,2-3,6-10,12H2,1H3. The molecular formula is C16H24Cl2N2O2S. The van der Waals surface area contributed by atoms with E-state index < -0.39 is 10.0 Å². The van der Waals surface area contributed by atoms with Gasteiger partial charge < -0.3 is 5.32 Å². The molecule has 1 aromatic carbocycles. The molecule has 1 aromatic rings. The van der Waals surface area contributed by atoms with Crippen LogP contribution >= 0.6 is 23.2 Å². The van der Waals surface area contributed by atoms with Gasteiger partial charge in [-0.05, 0) is 50.0 Å². The van der Waals surface area contributed by atoms with Crippen LogP contribution in [0.25, 0.3) is 0 Å². The highest BCUT2D eigenvalue weighted by molar-refractivity contribution is 7.89. The summed E-state index contributed by atoms with van der Waals surface area (Å²) in [4.78, 5) is 0. The van der Waals surface area contributed by atoms with Gasteiger partial charge in [0.15, 0.2) is 0 Å². The minimum atomic E-state index is -3.28. The molecule has 1 heterocycles. The van der Waals surface area contributed by atoms with Crippen LogP contribution in [0.15, 0.2) is 18.2 Å². The minimum absolute atomic E-state index is 0.0487. The van der Waals surface area contributed by atoms with E-state index in [0.717, 1.165) is 37.9 Å². The van der Waals surface area contributed by atoms with Crippen LogP contribution in [0, 0.1) is 0 Å². The highest BCUT2D eigenvalue weighted by Gasteiger charge is 2.30. The molecule has 1 saturated heterocycles. The minimum Gasteiger partial charge on any atom is -0.317 e. The molecule has 1 N–H and O–H groups in total. The summed E-state index contributed by atoms with van der Waals surface area (Å²) in [5.41, 5.74) is 0.873. The summed E-state index contributed by atoms with van der Waals surface area (Å²) in [7, 11) is -3.28. The van der Waals surface area contributed by atoms with Gasteiger partial charge in [0.25, 0.3) is 0 Å². The van der Waals surface area contributed by atoms with Gasteiger partial charge >= 0.3 is 0 Å². The number of rotatable bonds is 7. The second-order valence-electron chi connectivity index (χ2n) is 5.94. The molecule has 23 heavy (non-hydrogen) atoms. The first-order valence-electron chi connectivity index (χ1n) is 8.08. The fourth-order valence-electron chi connectivity index (χ4n) is 2.81. The van der Waals surface area contributed by atoms with Crippen LogP contribution in [0.1, 0.15) is 38.2 Å². The van der Waals surface area contributed by atoms with Gasteiger partial charge in [0.05, 0.1) is 15.8 Å². The van der Waals surface area contributed by atoms with Crippen LogP contribution in [-0.4, -0.2) is 37.6 Å². The third-order valence-corrected chi connectivity index (χ3v) is 6.84. The van der Waals surface area contributed by atoms with E-state index in [0.29, 0.717) is 23.0 Å². The number of sulfonamides is 1. The summed E-state index contributed by atoms with van der Waals surface area (Å²) in [6.07, 6.45) is 3.23. The maximum Gasteiger partial charge on any atom is 0.214 e. The summed E-state index contributed by atoms with van der Waals surface area (Å²) in [6.45, 7) is 4.06. The molecule has 0 unspecified atom stereocenters. The highest BCUT2D eigenvalue weighted by Crippen LogP contribution is 2.26. The second-order valence-corrected chi connectivity index (χ2v) is 8.80. The smallest absolute Gasteiger partial charge is 0.214 e. The van der Waals surface area contributed by atoms with Gasteiger partial charge in [-0.25, -0.2) is 8.42 Å². The molecular weight excluding hydrogens is 355 g/mol. The van der Waals surface area contributed by atoms with E-state index >= 15 is 0 Å². The predicted octanol–water partition coefficient (Wildman–Crippen LogP) is 3.68. The number of benzene rings is 1. The molecule has 1 aliphatic rings. The van der Waals surface area contributed by atoms with Gasteiger partial charge in [-0.15, -0.1) is 0 Å². The molecule has 0 amide bonds. The first kappa shape index (κ1) is 19.0. The monoisotopic (exact) mass is 378 g/mol. The Morgan fingerprint density at radius 1 is 1.22 bits per heavy atom. The van der Waals surface area contributed by atoms with Crippen LogP contribution in [0.4, 0.5) is 0 Å². The van der Waals surface area contributed by atoms with Gasteiger partial charge in [-0.2, -0.15) is 4.31 Å². The van der Waals surface area contributed by atoms with Crippen molar-refractivity contribution in [3.05, 3.63) is 33.8 Å². The van der Waals surface area contributed by atoms with Crippen molar-refractivity contribution in [2.45, 2.75) is 45.2 Å². The van der Waals surface area contributed by atoms with Crippen molar-refractivity contribution < 1.29 is 8.42 Å². The number of unbranched alkanes of at least 4 members (excludes halogenated alkanes) is 1. The molecule has 1 fully saturated rings. The average Bonchev–Trinajstić information content (AvgIpc) is 2.54. The Kier molecular flexibility index (Phi) is 7.17. The van der Waals surface area contributed by atoms with Crippen molar-refractivity contribution >= 4 is 33.2 Å². The van der Waals surface area contributed by atoms with Crippen LogP contribution in [-0.2, 0) is 16.6 Å². The van der Waals surface area contributed by atoms with Crippen molar-refractivity contribution in [1.29, 1.82) is 0 Å². The number of halogens is 2. The van der Waals surface area contributed by atoms with Gasteiger partial charge in [0.1, 0.15) is 0 Å². The number of hydrogen-bond donors (Lipinski definition) is 1. The maximum absolute atomic E-state index is 12.8. The molecule has 0 saturated carbocycles. The first-order valence-corrected chi connectivity index (χ1v) is 10.4. The third-order valence-electron chi connectivity index (χ3n) is 4.15. The van der Waals surface area contributed by atoms with Gasteiger partial charge in [-0.3, -0.25) is 0 Å². The zero-order chi connectivity index (χ0) is 16.9. The lowest BCUT2D eigenvalue weighted by Crippen LogP contribution is -2.46. The maximum atomic E-state index is 12.8. The SMILES string of the molecule is CCCCS(=O)(=O)N(Cc1ccc(Cl)c(Cl)c1)C1CCNCC1. The molecule has 0 aliphatic carbocycles. The Bertz CT molecular complexity index is 617. The van der Waals surface area contributed by atoms with Gasteiger partial charge in [-0.1, -0.05) is 42.6 Å². The molecule has 0 radical (unpaired) electrons. The molecule has 130 valence electrons. The summed E-state index contributed by atoms with van der Waals surface area (Å²) in [6, 6.07) is 5.37. The van der Waals surface area contributed by atoms with E-state index in [2.05, 4.69) is 5.32 Å². The van der Waals surface area contributed by atoms with Gasteiger partial charge in [0.2, 0.25) is 10.0 Å². The van der Waals surface area contributed by atoms with Crippen LogP contribution in [0.5, 0.6) is 0 Å². The highest BCUT2D eigenvalue weighted by atomic mass is 35.5. The number of hydrogen-bond acceptors (Lipinski definition) is 3. The van der Waals surface area contributed by atoms with Gasteiger partial charge in [0, 0.05) is 12.6 Å². The Labute approximate surface area is 149 Å². The number of nitrogens with zero attached hydrogens (tertiary/aromatic N) is 1. The zero-order valence-electron chi connectivity index (χ0n) is 13.4. The normalized spacial score (nSPS) is 16.9. The molecule has 0 spiro atoms. The Balaban J connectivity index is 2.23. The van der Waals surface area contributed by atoms with E-state index in [1.807, 2.05) is 13.0 Å². The van der Waals surface area contributed by atoms with E-state index in [1.54, 1.807) is 16.4 Å². The Morgan fingerprint density at radius 3 is 2.52 bits per heavy atom. The summed E-state index contributed by atoms with van der Waals surface area (Å²) < 4.78 is 27.3. The summed E-state index contributed by atoms with van der Waals surface area (Å²) in [5, 5.41) is 4.23. The van der Waals surface area contributed by atoms with E-state index in [9.17, 15) is 8.42 Å². The quantitative estimate of drug-likeness (QED) is 0.786. The van der Waals surface area contributed by atoms with Crippen LogP contribution in [0.3, 0.4) is 0 Å². The zero-order valence-corrected chi connectivity index (χ0v) is 15.7. The fraction of sp³-hybridized carbons (Fsp3) is 0.625. The van der Waals surface area contributed by atoms with Crippen LogP contribution in [0.2, 0.25) is 10.0 Å². The summed E-state index contributed by atoms with van der Waals surface area (Å²) >= 11 is 12.0. The van der Waals surface area contributed by atoms with Crippen molar-refractivity contribution in [3.63, 3.8) is 0 Å². The molecule has 1 aliphatic heterocycles. The average molecular weight is 379 g/mol.